The highest BCUT2D eigenvalue weighted by atomic mass is 35.5. The minimum atomic E-state index is 0.409. The number of hydrogen-bond donors (Lipinski definition) is 1. The fourth-order valence-electron chi connectivity index (χ4n) is 1.56. The molecule has 0 unspecified atom stereocenters. The van der Waals surface area contributed by atoms with Gasteiger partial charge in [0.2, 0.25) is 0 Å². The Balaban J connectivity index is 2.13. The zero-order valence-electron chi connectivity index (χ0n) is 7.59. The second kappa shape index (κ2) is 2.92. The van der Waals surface area contributed by atoms with Crippen LogP contribution >= 0.6 is 11.6 Å². The molecule has 3 heteroatoms. The summed E-state index contributed by atoms with van der Waals surface area (Å²) in [4.78, 5) is 3.13. The highest BCUT2D eigenvalue weighted by Gasteiger charge is 2.24. The first-order valence-corrected chi connectivity index (χ1v) is 5.14. The smallest absolute Gasteiger partial charge is 0.130 e. The number of benzene rings is 1. The maximum atomic E-state index is 5.98. The van der Waals surface area contributed by atoms with Crippen molar-refractivity contribution in [2.45, 2.75) is 18.9 Å². The molecule has 1 aliphatic rings. The van der Waals surface area contributed by atoms with Gasteiger partial charge in [0.05, 0.1) is 11.6 Å². The molecule has 14 heavy (non-hydrogen) atoms. The van der Waals surface area contributed by atoms with Crippen molar-refractivity contribution in [3.8, 4) is 5.75 Å². The maximum absolute atomic E-state index is 5.98. The van der Waals surface area contributed by atoms with E-state index in [-0.39, 0.29) is 0 Å². The van der Waals surface area contributed by atoms with E-state index in [1.165, 1.54) is 12.8 Å². The Labute approximate surface area is 86.8 Å². The Morgan fingerprint density at radius 2 is 2.21 bits per heavy atom. The third-order valence-electron chi connectivity index (χ3n) is 2.41. The molecular weight excluding hydrogens is 198 g/mol. The Bertz CT molecular complexity index is 473. The summed E-state index contributed by atoms with van der Waals surface area (Å²) in [5.41, 5.74) is 1.04. The molecule has 0 saturated heterocycles. The molecule has 1 fully saturated rings. The molecule has 1 aliphatic carbocycles. The average Bonchev–Trinajstić information content (AvgIpc) is 2.81. The number of fused-ring (bicyclic) bond motifs is 1. The van der Waals surface area contributed by atoms with E-state index in [0.717, 1.165) is 21.7 Å². The van der Waals surface area contributed by atoms with E-state index in [2.05, 4.69) is 4.98 Å². The molecule has 72 valence electrons. The highest BCUT2D eigenvalue weighted by molar-refractivity contribution is 6.31. The molecule has 1 aromatic carbocycles. The van der Waals surface area contributed by atoms with Gasteiger partial charge in [-0.2, -0.15) is 0 Å². The van der Waals surface area contributed by atoms with Crippen molar-refractivity contribution in [3.05, 3.63) is 29.4 Å². The predicted molar refractivity (Wildman–Crippen MR) is 57.0 cm³/mol. The van der Waals surface area contributed by atoms with Gasteiger partial charge in [-0.05, 0) is 31.0 Å². The number of rotatable bonds is 2. The number of hydrogen-bond acceptors (Lipinski definition) is 1. The van der Waals surface area contributed by atoms with Gasteiger partial charge in [0.1, 0.15) is 5.75 Å². The van der Waals surface area contributed by atoms with Crippen molar-refractivity contribution < 1.29 is 4.74 Å². The van der Waals surface area contributed by atoms with Gasteiger partial charge in [-0.1, -0.05) is 11.6 Å². The Hall–Kier alpha value is -1.15. The van der Waals surface area contributed by atoms with Crippen molar-refractivity contribution >= 4 is 22.5 Å². The third kappa shape index (κ3) is 1.36. The van der Waals surface area contributed by atoms with Gasteiger partial charge >= 0.3 is 0 Å². The lowest BCUT2D eigenvalue weighted by Crippen LogP contribution is -1.95. The summed E-state index contributed by atoms with van der Waals surface area (Å²) in [7, 11) is 0. The van der Waals surface area contributed by atoms with Gasteiger partial charge in [0.15, 0.2) is 0 Å². The topological polar surface area (TPSA) is 25.0 Å². The Kier molecular flexibility index (Phi) is 1.71. The van der Waals surface area contributed by atoms with Crippen molar-refractivity contribution in [1.29, 1.82) is 0 Å². The molecule has 3 rings (SSSR count). The van der Waals surface area contributed by atoms with Gasteiger partial charge in [-0.15, -0.1) is 0 Å². The van der Waals surface area contributed by atoms with E-state index < -0.39 is 0 Å². The number of aromatic nitrogens is 1. The minimum absolute atomic E-state index is 0.409. The van der Waals surface area contributed by atoms with E-state index in [1.807, 2.05) is 24.4 Å². The van der Waals surface area contributed by atoms with Crippen LogP contribution in [-0.2, 0) is 0 Å². The molecule has 0 aliphatic heterocycles. The molecule has 1 N–H and O–H groups in total. The van der Waals surface area contributed by atoms with Crippen molar-refractivity contribution in [2.24, 2.45) is 0 Å². The molecule has 0 amide bonds. The van der Waals surface area contributed by atoms with Crippen molar-refractivity contribution in [3.63, 3.8) is 0 Å². The molecule has 2 nitrogen and oxygen atoms in total. The molecule has 0 radical (unpaired) electrons. The Morgan fingerprint density at radius 3 is 3.00 bits per heavy atom. The summed E-state index contributed by atoms with van der Waals surface area (Å²) in [6, 6.07) is 5.82. The van der Waals surface area contributed by atoms with Crippen LogP contribution < -0.4 is 4.74 Å². The van der Waals surface area contributed by atoms with Gasteiger partial charge in [-0.25, -0.2) is 0 Å². The summed E-state index contributed by atoms with van der Waals surface area (Å²) < 4.78 is 5.77. The first-order chi connectivity index (χ1) is 6.83. The van der Waals surface area contributed by atoms with E-state index in [4.69, 9.17) is 16.3 Å². The largest absolute Gasteiger partial charge is 0.490 e. The number of nitrogens with one attached hydrogen (secondary N) is 1. The zero-order valence-corrected chi connectivity index (χ0v) is 8.34. The molecule has 0 spiro atoms. The third-order valence-corrected chi connectivity index (χ3v) is 2.63. The van der Waals surface area contributed by atoms with Gasteiger partial charge in [-0.3, -0.25) is 0 Å². The van der Waals surface area contributed by atoms with E-state index in [1.54, 1.807) is 0 Å². The number of halogens is 1. The quantitative estimate of drug-likeness (QED) is 0.803. The normalized spacial score (nSPS) is 16.1. The standard InChI is InChI=1S/C11H10ClNO/c12-7-5-10-9(3-4-13-10)11(6-7)14-8-1-2-8/h3-6,8,13H,1-2H2. The molecule has 0 atom stereocenters. The van der Waals surface area contributed by atoms with Crippen LogP contribution in [0.2, 0.25) is 5.02 Å². The van der Waals surface area contributed by atoms with E-state index in [0.29, 0.717) is 6.10 Å². The van der Waals surface area contributed by atoms with E-state index in [9.17, 15) is 0 Å². The molecule has 2 aromatic rings. The number of H-pyrrole nitrogens is 1. The highest BCUT2D eigenvalue weighted by Crippen LogP contribution is 2.34. The lowest BCUT2D eigenvalue weighted by Gasteiger charge is -2.06. The lowest BCUT2D eigenvalue weighted by molar-refractivity contribution is 0.307. The van der Waals surface area contributed by atoms with Gasteiger partial charge in [0.25, 0.3) is 0 Å². The van der Waals surface area contributed by atoms with Crippen LogP contribution in [-0.4, -0.2) is 11.1 Å². The predicted octanol–water partition coefficient (Wildman–Crippen LogP) is 3.36. The lowest BCUT2D eigenvalue weighted by atomic mass is 10.2. The summed E-state index contributed by atoms with van der Waals surface area (Å²) in [5.74, 6) is 0.899. The second-order valence-corrected chi connectivity index (χ2v) is 4.10. The molecular formula is C11H10ClNO. The molecule has 0 bridgehead atoms. The maximum Gasteiger partial charge on any atom is 0.130 e. The molecule has 1 aromatic heterocycles. The summed E-state index contributed by atoms with van der Waals surface area (Å²) in [5, 5.41) is 1.83. The van der Waals surface area contributed by atoms with Crippen LogP contribution in [0.1, 0.15) is 12.8 Å². The SMILES string of the molecule is Clc1cc(OC2CC2)c2cc[nH]c2c1. The van der Waals surface area contributed by atoms with E-state index >= 15 is 0 Å². The summed E-state index contributed by atoms with van der Waals surface area (Å²) >= 11 is 5.98. The van der Waals surface area contributed by atoms with Gasteiger partial charge in [0, 0.05) is 16.6 Å². The summed E-state index contributed by atoms with van der Waals surface area (Å²) in [6.07, 6.45) is 4.64. The summed E-state index contributed by atoms with van der Waals surface area (Å²) in [6.45, 7) is 0. The van der Waals surface area contributed by atoms with Crippen LogP contribution in [0.4, 0.5) is 0 Å². The van der Waals surface area contributed by atoms with Crippen LogP contribution in [0.3, 0.4) is 0 Å². The van der Waals surface area contributed by atoms with Crippen LogP contribution in [0.25, 0.3) is 10.9 Å². The Morgan fingerprint density at radius 1 is 1.36 bits per heavy atom. The van der Waals surface area contributed by atoms with Crippen LogP contribution in [0.5, 0.6) is 5.75 Å². The number of ether oxygens (including phenoxy) is 1. The average molecular weight is 208 g/mol. The molecule has 1 saturated carbocycles. The van der Waals surface area contributed by atoms with Crippen LogP contribution in [0.15, 0.2) is 24.4 Å². The second-order valence-electron chi connectivity index (χ2n) is 3.66. The van der Waals surface area contributed by atoms with Crippen LogP contribution in [0, 0.1) is 0 Å². The first kappa shape index (κ1) is 8.18. The fraction of sp³-hybridized carbons (Fsp3) is 0.273. The zero-order chi connectivity index (χ0) is 9.54. The first-order valence-electron chi connectivity index (χ1n) is 4.76. The molecule has 1 heterocycles. The van der Waals surface area contributed by atoms with Crippen molar-refractivity contribution in [2.75, 3.05) is 0 Å². The fourth-order valence-corrected chi connectivity index (χ4v) is 1.77. The number of aromatic amines is 1. The minimum Gasteiger partial charge on any atom is -0.490 e. The van der Waals surface area contributed by atoms with Crippen molar-refractivity contribution in [1.82, 2.24) is 4.98 Å². The monoisotopic (exact) mass is 207 g/mol. The van der Waals surface area contributed by atoms with Gasteiger partial charge < -0.3 is 9.72 Å².